The first kappa shape index (κ1) is 12.9. The van der Waals surface area contributed by atoms with Crippen molar-refractivity contribution in [3.8, 4) is 0 Å². The summed E-state index contributed by atoms with van der Waals surface area (Å²) in [7, 11) is 0. The molecule has 0 aliphatic carbocycles. The minimum Gasteiger partial charge on any atom is -0.308 e. The van der Waals surface area contributed by atoms with Gasteiger partial charge in [-0.2, -0.15) is 0 Å². The number of aromatic nitrogens is 2. The number of hydrazine groups is 1. The molecule has 1 aromatic heterocycles. The Morgan fingerprint density at radius 2 is 1.89 bits per heavy atom. The molecule has 0 saturated carbocycles. The smallest absolute Gasteiger partial charge is 0.144 e. The predicted molar refractivity (Wildman–Crippen MR) is 74.5 cm³/mol. The molecular formula is C13H16N4S. The molecule has 0 fully saturated rings. The molecule has 0 spiro atoms. The lowest BCUT2D eigenvalue weighted by Gasteiger charge is -2.06. The number of hydrogen-bond acceptors (Lipinski definition) is 5. The summed E-state index contributed by atoms with van der Waals surface area (Å²) in [6.07, 6.45) is 1.50. The highest BCUT2D eigenvalue weighted by molar-refractivity contribution is 7.99. The van der Waals surface area contributed by atoms with Gasteiger partial charge in [0.1, 0.15) is 17.2 Å². The topological polar surface area (TPSA) is 63.8 Å². The number of nitrogens with one attached hydrogen (secondary N) is 1. The molecule has 1 aromatic carbocycles. The van der Waals surface area contributed by atoms with E-state index in [1.807, 2.05) is 6.07 Å². The summed E-state index contributed by atoms with van der Waals surface area (Å²) in [5.74, 6) is 6.48. The van der Waals surface area contributed by atoms with Crippen molar-refractivity contribution in [2.24, 2.45) is 5.84 Å². The van der Waals surface area contributed by atoms with Crippen LogP contribution in [0.2, 0.25) is 0 Å². The molecule has 4 nitrogen and oxygen atoms in total. The number of nitrogens with zero attached hydrogens (tertiary/aromatic N) is 2. The second-order valence-electron chi connectivity index (χ2n) is 4.21. The molecule has 3 N–H and O–H groups in total. The Morgan fingerprint density at radius 1 is 1.17 bits per heavy atom. The molecule has 0 atom stereocenters. The van der Waals surface area contributed by atoms with E-state index in [4.69, 9.17) is 5.84 Å². The Hall–Kier alpha value is -1.59. The third-order valence-corrected chi connectivity index (χ3v) is 3.50. The molecule has 2 aromatic rings. The molecule has 5 heteroatoms. The van der Waals surface area contributed by atoms with Crippen LogP contribution < -0.4 is 11.3 Å². The summed E-state index contributed by atoms with van der Waals surface area (Å²) >= 11 is 1.59. The van der Waals surface area contributed by atoms with E-state index in [2.05, 4.69) is 53.5 Å². The van der Waals surface area contributed by atoms with Gasteiger partial charge in [-0.15, -0.1) is 0 Å². The fourth-order valence-electron chi connectivity index (χ4n) is 1.52. The Labute approximate surface area is 111 Å². The average molecular weight is 260 g/mol. The highest BCUT2D eigenvalue weighted by atomic mass is 32.2. The maximum Gasteiger partial charge on any atom is 0.144 e. The molecule has 18 heavy (non-hydrogen) atoms. The van der Waals surface area contributed by atoms with Gasteiger partial charge in [-0.25, -0.2) is 15.8 Å². The minimum absolute atomic E-state index is 0.552. The monoisotopic (exact) mass is 260 g/mol. The summed E-state index contributed by atoms with van der Waals surface area (Å²) < 4.78 is 0. The highest BCUT2D eigenvalue weighted by Crippen LogP contribution is 2.28. The standard InChI is InChI=1S/C13H16N4S/c1-9(2)10-3-5-11(6-4-10)18-13-7-12(17-14)15-8-16-13/h3-9H,14H2,1-2H3,(H,15,16,17). The van der Waals surface area contributed by atoms with Crippen LogP contribution in [0.3, 0.4) is 0 Å². The van der Waals surface area contributed by atoms with Crippen molar-refractivity contribution in [2.75, 3.05) is 5.43 Å². The molecule has 0 aliphatic rings. The van der Waals surface area contributed by atoms with Crippen molar-refractivity contribution in [3.05, 3.63) is 42.2 Å². The first-order chi connectivity index (χ1) is 8.69. The number of benzene rings is 1. The van der Waals surface area contributed by atoms with Crippen LogP contribution in [0.25, 0.3) is 0 Å². The molecule has 2 rings (SSSR count). The third-order valence-electron chi connectivity index (χ3n) is 2.56. The summed E-state index contributed by atoms with van der Waals surface area (Å²) in [5, 5.41) is 0.871. The Balaban J connectivity index is 2.13. The molecule has 1 heterocycles. The van der Waals surface area contributed by atoms with E-state index >= 15 is 0 Å². The maximum absolute atomic E-state index is 5.32. The van der Waals surface area contributed by atoms with Crippen molar-refractivity contribution >= 4 is 17.6 Å². The molecule has 0 bridgehead atoms. The summed E-state index contributed by atoms with van der Waals surface area (Å²) in [6.45, 7) is 4.37. The lowest BCUT2D eigenvalue weighted by molar-refractivity contribution is 0.865. The van der Waals surface area contributed by atoms with Gasteiger partial charge in [-0.3, -0.25) is 0 Å². The van der Waals surface area contributed by atoms with Crippen LogP contribution in [0, 0.1) is 0 Å². The van der Waals surface area contributed by atoms with Gasteiger partial charge in [0.2, 0.25) is 0 Å². The largest absolute Gasteiger partial charge is 0.308 e. The summed E-state index contributed by atoms with van der Waals surface area (Å²) in [4.78, 5) is 9.33. The molecular weight excluding hydrogens is 244 g/mol. The predicted octanol–water partition coefficient (Wildman–Crippen LogP) is 3.04. The van der Waals surface area contributed by atoms with Gasteiger partial charge in [0.25, 0.3) is 0 Å². The van der Waals surface area contributed by atoms with E-state index in [0.717, 1.165) is 9.92 Å². The Kier molecular flexibility index (Phi) is 4.17. The lowest BCUT2D eigenvalue weighted by atomic mass is 10.0. The van der Waals surface area contributed by atoms with Gasteiger partial charge in [0, 0.05) is 11.0 Å². The highest BCUT2D eigenvalue weighted by Gasteiger charge is 2.02. The van der Waals surface area contributed by atoms with E-state index < -0.39 is 0 Å². The number of nitrogens with two attached hydrogens (primary N) is 1. The zero-order valence-corrected chi connectivity index (χ0v) is 11.2. The first-order valence-electron chi connectivity index (χ1n) is 5.75. The normalized spacial score (nSPS) is 10.7. The van der Waals surface area contributed by atoms with Gasteiger partial charge in [-0.1, -0.05) is 37.7 Å². The minimum atomic E-state index is 0.552. The van der Waals surface area contributed by atoms with Crippen LogP contribution in [-0.2, 0) is 0 Å². The SMILES string of the molecule is CC(C)c1ccc(Sc2cc(NN)ncn2)cc1. The van der Waals surface area contributed by atoms with Crippen LogP contribution >= 0.6 is 11.8 Å². The number of nitrogen functional groups attached to an aromatic ring is 1. The molecule has 0 saturated heterocycles. The second-order valence-corrected chi connectivity index (χ2v) is 5.31. The molecule has 94 valence electrons. The van der Waals surface area contributed by atoms with E-state index in [0.29, 0.717) is 11.7 Å². The van der Waals surface area contributed by atoms with Crippen molar-refractivity contribution in [3.63, 3.8) is 0 Å². The van der Waals surface area contributed by atoms with Crippen molar-refractivity contribution in [1.29, 1.82) is 0 Å². The second kappa shape index (κ2) is 5.84. The third kappa shape index (κ3) is 3.21. The van der Waals surface area contributed by atoms with Gasteiger partial charge in [-0.05, 0) is 23.6 Å². The van der Waals surface area contributed by atoms with Crippen LogP contribution in [0.15, 0.2) is 46.6 Å². The van der Waals surface area contributed by atoms with E-state index in [9.17, 15) is 0 Å². The first-order valence-corrected chi connectivity index (χ1v) is 6.57. The quantitative estimate of drug-likeness (QED) is 0.502. The van der Waals surface area contributed by atoms with Crippen molar-refractivity contribution in [2.45, 2.75) is 29.7 Å². The van der Waals surface area contributed by atoms with E-state index in [1.165, 1.54) is 11.9 Å². The summed E-state index contributed by atoms with van der Waals surface area (Å²) in [6, 6.07) is 10.3. The fourth-order valence-corrected chi connectivity index (χ4v) is 2.30. The molecule has 0 radical (unpaired) electrons. The molecule has 0 aliphatic heterocycles. The van der Waals surface area contributed by atoms with Crippen molar-refractivity contribution in [1.82, 2.24) is 9.97 Å². The number of hydrogen-bond donors (Lipinski definition) is 2. The molecule has 0 amide bonds. The fraction of sp³-hybridized carbons (Fsp3) is 0.231. The zero-order chi connectivity index (χ0) is 13.0. The van der Waals surface area contributed by atoms with Crippen LogP contribution in [0.5, 0.6) is 0 Å². The van der Waals surface area contributed by atoms with E-state index in [1.54, 1.807) is 11.8 Å². The number of anilines is 1. The maximum atomic E-state index is 5.32. The van der Waals surface area contributed by atoms with Gasteiger partial charge >= 0.3 is 0 Å². The van der Waals surface area contributed by atoms with Crippen molar-refractivity contribution < 1.29 is 0 Å². The average Bonchev–Trinajstić information content (AvgIpc) is 2.39. The van der Waals surface area contributed by atoms with Gasteiger partial charge in [0.15, 0.2) is 0 Å². The number of rotatable bonds is 4. The zero-order valence-electron chi connectivity index (χ0n) is 10.4. The van der Waals surface area contributed by atoms with Crippen LogP contribution in [0.1, 0.15) is 25.3 Å². The van der Waals surface area contributed by atoms with Gasteiger partial charge in [0.05, 0.1) is 0 Å². The lowest BCUT2D eigenvalue weighted by Crippen LogP contribution is -2.08. The van der Waals surface area contributed by atoms with Crippen LogP contribution in [-0.4, -0.2) is 9.97 Å². The van der Waals surface area contributed by atoms with Gasteiger partial charge < -0.3 is 5.43 Å². The van der Waals surface area contributed by atoms with E-state index in [-0.39, 0.29) is 0 Å². The summed E-state index contributed by atoms with van der Waals surface area (Å²) in [5.41, 5.74) is 3.85. The molecule has 0 unspecified atom stereocenters. The van der Waals surface area contributed by atoms with Crippen LogP contribution in [0.4, 0.5) is 5.82 Å². The Morgan fingerprint density at radius 3 is 2.50 bits per heavy atom. The Bertz CT molecular complexity index is 511.